The number of carbonyl (C=O) groups excluding carboxylic acids is 1. The van der Waals surface area contributed by atoms with E-state index in [4.69, 9.17) is 16.3 Å². The quantitative estimate of drug-likeness (QED) is 0.863. The average Bonchev–Trinajstić information content (AvgIpc) is 2.85. The van der Waals surface area contributed by atoms with E-state index >= 15 is 0 Å². The molecule has 112 valence electrons. The molecule has 0 fully saturated rings. The van der Waals surface area contributed by atoms with Crippen molar-refractivity contribution in [2.24, 2.45) is 7.05 Å². The molecular formula is C15H18ClN3O2. The van der Waals surface area contributed by atoms with Crippen LogP contribution in [0.15, 0.2) is 30.5 Å². The molecule has 0 radical (unpaired) electrons. The number of rotatable bonds is 5. The molecule has 6 heteroatoms. The minimum Gasteiger partial charge on any atom is -0.467 e. The number of nitrogens with zero attached hydrogens (tertiary/aromatic N) is 2. The van der Waals surface area contributed by atoms with Crippen LogP contribution in [0.3, 0.4) is 0 Å². The highest BCUT2D eigenvalue weighted by molar-refractivity contribution is 6.30. The Kier molecular flexibility index (Phi) is 4.85. The molecule has 0 bridgehead atoms. The van der Waals surface area contributed by atoms with Crippen molar-refractivity contribution < 1.29 is 9.53 Å². The number of nitrogens with one attached hydrogen (secondary N) is 1. The van der Waals surface area contributed by atoms with Crippen molar-refractivity contribution in [2.45, 2.75) is 19.4 Å². The number of anilines is 1. The zero-order chi connectivity index (χ0) is 15.4. The number of esters is 1. The van der Waals surface area contributed by atoms with Crippen LogP contribution in [0.25, 0.3) is 0 Å². The van der Waals surface area contributed by atoms with E-state index < -0.39 is 6.04 Å². The highest BCUT2D eigenvalue weighted by Gasteiger charge is 2.25. The Morgan fingerprint density at radius 2 is 2.29 bits per heavy atom. The van der Waals surface area contributed by atoms with Gasteiger partial charge in [-0.15, -0.1) is 0 Å². The van der Waals surface area contributed by atoms with Gasteiger partial charge in [0.2, 0.25) is 0 Å². The third-order valence-electron chi connectivity index (χ3n) is 3.16. The molecule has 21 heavy (non-hydrogen) atoms. The third-order valence-corrected chi connectivity index (χ3v) is 3.39. The summed E-state index contributed by atoms with van der Waals surface area (Å²) >= 11 is 5.98. The van der Waals surface area contributed by atoms with Crippen LogP contribution in [0.5, 0.6) is 0 Å². The SMILES string of the molecule is CCc1nn(C)cc1C(Nc1cccc(Cl)c1)C(=O)OC. The first-order valence-corrected chi connectivity index (χ1v) is 7.05. The fourth-order valence-corrected chi connectivity index (χ4v) is 2.39. The lowest BCUT2D eigenvalue weighted by Gasteiger charge is -2.17. The Morgan fingerprint density at radius 3 is 2.90 bits per heavy atom. The molecule has 0 aliphatic rings. The van der Waals surface area contributed by atoms with Gasteiger partial charge in [0.25, 0.3) is 0 Å². The van der Waals surface area contributed by atoms with Gasteiger partial charge in [-0.25, -0.2) is 4.79 Å². The molecule has 0 saturated heterocycles. The lowest BCUT2D eigenvalue weighted by atomic mass is 10.1. The van der Waals surface area contributed by atoms with Gasteiger partial charge in [-0.3, -0.25) is 4.68 Å². The molecule has 2 rings (SSSR count). The summed E-state index contributed by atoms with van der Waals surface area (Å²) in [5.41, 5.74) is 2.43. The largest absolute Gasteiger partial charge is 0.467 e. The number of carbonyl (C=O) groups is 1. The number of aryl methyl sites for hydroxylation is 2. The van der Waals surface area contributed by atoms with E-state index in [-0.39, 0.29) is 5.97 Å². The summed E-state index contributed by atoms with van der Waals surface area (Å²) in [5, 5.41) is 8.13. The van der Waals surface area contributed by atoms with Crippen molar-refractivity contribution in [3.8, 4) is 0 Å². The van der Waals surface area contributed by atoms with E-state index in [1.54, 1.807) is 16.8 Å². The topological polar surface area (TPSA) is 56.2 Å². The second kappa shape index (κ2) is 6.63. The molecule has 0 amide bonds. The third kappa shape index (κ3) is 3.55. The van der Waals surface area contributed by atoms with Gasteiger partial charge >= 0.3 is 5.97 Å². The van der Waals surface area contributed by atoms with E-state index in [9.17, 15) is 4.79 Å². The molecule has 2 aromatic rings. The number of aromatic nitrogens is 2. The molecule has 5 nitrogen and oxygen atoms in total. The first-order valence-electron chi connectivity index (χ1n) is 6.67. The van der Waals surface area contributed by atoms with Gasteiger partial charge in [-0.05, 0) is 24.6 Å². The second-order valence-electron chi connectivity index (χ2n) is 4.67. The minimum atomic E-state index is -0.614. The highest BCUT2D eigenvalue weighted by Crippen LogP contribution is 2.25. The fourth-order valence-electron chi connectivity index (χ4n) is 2.20. The fraction of sp³-hybridized carbons (Fsp3) is 0.333. The molecule has 0 aliphatic carbocycles. The van der Waals surface area contributed by atoms with Gasteiger partial charge in [-0.2, -0.15) is 5.10 Å². The van der Waals surface area contributed by atoms with E-state index in [1.165, 1.54) is 7.11 Å². The molecule has 0 saturated carbocycles. The summed E-state index contributed by atoms with van der Waals surface area (Å²) in [7, 11) is 3.20. The van der Waals surface area contributed by atoms with E-state index in [0.717, 1.165) is 23.4 Å². The molecule has 1 unspecified atom stereocenters. The predicted molar refractivity (Wildman–Crippen MR) is 82.4 cm³/mol. The van der Waals surface area contributed by atoms with Gasteiger partial charge in [0, 0.05) is 29.5 Å². The Hall–Kier alpha value is -2.01. The Bertz CT molecular complexity index is 640. The lowest BCUT2D eigenvalue weighted by molar-refractivity contribution is -0.141. The maximum atomic E-state index is 12.1. The Balaban J connectivity index is 2.36. The smallest absolute Gasteiger partial charge is 0.333 e. The standard InChI is InChI=1S/C15H18ClN3O2/c1-4-13-12(9-19(2)18-13)14(15(20)21-3)17-11-7-5-6-10(16)8-11/h5-9,14,17H,4H2,1-3H3. The molecule has 1 N–H and O–H groups in total. The maximum Gasteiger partial charge on any atom is 0.333 e. The van der Waals surface area contributed by atoms with E-state index in [0.29, 0.717) is 5.02 Å². The van der Waals surface area contributed by atoms with Gasteiger partial charge in [0.15, 0.2) is 6.04 Å². The number of benzene rings is 1. The molecular weight excluding hydrogens is 290 g/mol. The predicted octanol–water partition coefficient (Wildman–Crippen LogP) is 2.96. The lowest BCUT2D eigenvalue weighted by Crippen LogP contribution is -2.23. The van der Waals surface area contributed by atoms with Gasteiger partial charge in [-0.1, -0.05) is 24.6 Å². The van der Waals surface area contributed by atoms with E-state index in [2.05, 4.69) is 10.4 Å². The van der Waals surface area contributed by atoms with Crippen molar-refractivity contribution >= 4 is 23.3 Å². The van der Waals surface area contributed by atoms with Gasteiger partial charge in [0.05, 0.1) is 12.8 Å². The second-order valence-corrected chi connectivity index (χ2v) is 5.11. The minimum absolute atomic E-state index is 0.363. The highest BCUT2D eigenvalue weighted by atomic mass is 35.5. The number of halogens is 1. The monoisotopic (exact) mass is 307 g/mol. The molecule has 1 heterocycles. The van der Waals surface area contributed by atoms with Crippen LogP contribution in [0.4, 0.5) is 5.69 Å². The van der Waals surface area contributed by atoms with Crippen molar-refractivity contribution in [3.05, 3.63) is 46.7 Å². The molecule has 1 aromatic carbocycles. The van der Waals surface area contributed by atoms with Crippen LogP contribution < -0.4 is 5.32 Å². The van der Waals surface area contributed by atoms with Crippen LogP contribution in [-0.4, -0.2) is 22.9 Å². The van der Waals surface area contributed by atoms with Crippen LogP contribution in [0, 0.1) is 0 Å². The van der Waals surface area contributed by atoms with Crippen molar-refractivity contribution in [3.63, 3.8) is 0 Å². The van der Waals surface area contributed by atoms with Crippen LogP contribution in [0.1, 0.15) is 24.2 Å². The van der Waals surface area contributed by atoms with E-state index in [1.807, 2.05) is 32.3 Å². The van der Waals surface area contributed by atoms with Crippen molar-refractivity contribution in [1.29, 1.82) is 0 Å². The summed E-state index contributed by atoms with van der Waals surface area (Å²) in [6.07, 6.45) is 2.57. The number of hydrogen-bond acceptors (Lipinski definition) is 4. The first kappa shape index (κ1) is 15.4. The molecule has 0 spiro atoms. The number of ether oxygens (including phenoxy) is 1. The summed E-state index contributed by atoms with van der Waals surface area (Å²) in [4.78, 5) is 12.1. The van der Waals surface area contributed by atoms with Crippen molar-refractivity contribution in [1.82, 2.24) is 9.78 Å². The normalized spacial score (nSPS) is 12.0. The Morgan fingerprint density at radius 1 is 1.52 bits per heavy atom. The zero-order valence-corrected chi connectivity index (χ0v) is 13.0. The number of methoxy groups -OCH3 is 1. The average molecular weight is 308 g/mol. The van der Waals surface area contributed by atoms with Gasteiger partial charge < -0.3 is 10.1 Å². The Labute approximate surface area is 128 Å². The van der Waals surface area contributed by atoms with Crippen molar-refractivity contribution in [2.75, 3.05) is 12.4 Å². The molecule has 0 aliphatic heterocycles. The zero-order valence-electron chi connectivity index (χ0n) is 12.3. The summed E-state index contributed by atoms with van der Waals surface area (Å²) < 4.78 is 6.60. The summed E-state index contributed by atoms with van der Waals surface area (Å²) in [6.45, 7) is 2.00. The van der Waals surface area contributed by atoms with Crippen LogP contribution in [0.2, 0.25) is 5.02 Å². The maximum absolute atomic E-state index is 12.1. The molecule has 1 atom stereocenters. The van der Waals surface area contributed by atoms with Gasteiger partial charge in [0.1, 0.15) is 0 Å². The summed E-state index contributed by atoms with van der Waals surface area (Å²) in [6, 6.07) is 6.60. The number of hydrogen-bond donors (Lipinski definition) is 1. The van der Waals surface area contributed by atoms with Crippen LogP contribution in [-0.2, 0) is 23.0 Å². The summed E-state index contributed by atoms with van der Waals surface area (Å²) in [5.74, 6) is -0.363. The molecule has 1 aromatic heterocycles. The van der Waals surface area contributed by atoms with Crippen LogP contribution >= 0.6 is 11.6 Å². The first-order chi connectivity index (χ1) is 10.0.